The van der Waals surface area contributed by atoms with Crippen molar-refractivity contribution >= 4 is 23.2 Å². The van der Waals surface area contributed by atoms with Crippen LogP contribution in [0.4, 0.5) is 0 Å². The highest BCUT2D eigenvalue weighted by Crippen LogP contribution is 2.59. The fraction of sp³-hybridized carbons (Fsp3) is 0.394. The van der Waals surface area contributed by atoms with E-state index < -0.39 is 69.1 Å². The van der Waals surface area contributed by atoms with E-state index in [0.717, 1.165) is 11.1 Å². The molecule has 2 aromatic rings. The number of ketones is 2. The van der Waals surface area contributed by atoms with Gasteiger partial charge in [0.05, 0.1) is 34.3 Å². The first kappa shape index (κ1) is 31.9. The van der Waals surface area contributed by atoms with Gasteiger partial charge in [0.2, 0.25) is 0 Å². The summed E-state index contributed by atoms with van der Waals surface area (Å²) in [7, 11) is 2.94. The highest BCUT2D eigenvalue weighted by Gasteiger charge is 2.74. The number of benzene rings is 2. The van der Waals surface area contributed by atoms with Gasteiger partial charge in [-0.3, -0.25) is 19.3 Å². The number of Topliss-reactive ketones (excluding diaryl/α,β-unsaturated/α-hetero) is 2. The number of nitrogens with two attached hydrogens (primary N) is 4. The monoisotopic (exact) mass is 614 g/mol. The van der Waals surface area contributed by atoms with Gasteiger partial charge in [0.15, 0.2) is 17.0 Å². The molecule has 1 fully saturated rings. The molecule has 0 radical (unpaired) electrons. The van der Waals surface area contributed by atoms with Gasteiger partial charge in [-0.05, 0) is 60.7 Å². The molecule has 0 spiro atoms. The van der Waals surface area contributed by atoms with Crippen LogP contribution >= 0.6 is 0 Å². The Hall–Kier alpha value is -4.54. The number of carbonyl (C=O) groups excluding carboxylic acids is 3. The van der Waals surface area contributed by atoms with Crippen LogP contribution in [-0.4, -0.2) is 68.9 Å². The number of aliphatic hydroxyl groups excluding tert-OH is 2. The predicted octanol–water partition coefficient (Wildman–Crippen LogP) is 1.33. The molecule has 45 heavy (non-hydrogen) atoms. The van der Waals surface area contributed by atoms with Gasteiger partial charge >= 0.3 is 0 Å². The molecule has 3 aliphatic rings. The Morgan fingerprint density at radius 2 is 1.71 bits per heavy atom. The standard InChI is InChI=1S/C33H38N6O6/c1-30(2,3)17-8-6-15(7-9-17)18-10-16(12-34)23(40)20-19(18)11-31(37)13-33(38)26(39(4)5)25(42)21(29(36)45)27(43)32(33,14-35)28(44)22(31)24(20)41/h6-10,26,40-41,43H,11-13,34,37-38H2,1-5H3,(H2,36,45)/t26-,31-,32+,33-/m1/s1. The second-order valence-corrected chi connectivity index (χ2v) is 13.6. The molecule has 1 amide bonds. The molecular weight excluding hydrogens is 576 g/mol. The summed E-state index contributed by atoms with van der Waals surface area (Å²) in [6.07, 6.45) is -0.602. The molecule has 11 N–H and O–H groups in total. The lowest BCUT2D eigenvalue weighted by molar-refractivity contribution is -0.139. The molecule has 0 heterocycles. The maximum atomic E-state index is 14.6. The quantitative estimate of drug-likeness (QED) is 0.242. The number of likely N-dealkylation sites (N-methyl/N-ethyl adjacent to an activating group) is 1. The summed E-state index contributed by atoms with van der Waals surface area (Å²) >= 11 is 0. The molecular formula is C33H38N6O6. The number of phenols is 1. The number of aromatic hydroxyl groups is 1. The first-order valence-electron chi connectivity index (χ1n) is 14.4. The van der Waals surface area contributed by atoms with Crippen molar-refractivity contribution in [3.8, 4) is 22.9 Å². The van der Waals surface area contributed by atoms with Crippen molar-refractivity contribution in [3.63, 3.8) is 0 Å². The zero-order valence-corrected chi connectivity index (χ0v) is 25.9. The average Bonchev–Trinajstić information content (AvgIpc) is 2.91. The van der Waals surface area contributed by atoms with Crippen molar-refractivity contribution in [1.82, 2.24) is 4.90 Å². The van der Waals surface area contributed by atoms with E-state index in [9.17, 15) is 35.0 Å². The second kappa shape index (κ2) is 9.98. The number of nitrogens with zero attached hydrogens (tertiary/aromatic N) is 2. The number of amides is 1. The van der Waals surface area contributed by atoms with Crippen molar-refractivity contribution in [2.24, 2.45) is 28.3 Å². The molecule has 12 heteroatoms. The molecule has 5 rings (SSSR count). The smallest absolute Gasteiger partial charge is 0.255 e. The zero-order chi connectivity index (χ0) is 33.6. The van der Waals surface area contributed by atoms with E-state index in [1.807, 2.05) is 24.3 Å². The summed E-state index contributed by atoms with van der Waals surface area (Å²) in [5, 5.41) is 45.1. The van der Waals surface area contributed by atoms with Crippen LogP contribution in [0.5, 0.6) is 5.75 Å². The van der Waals surface area contributed by atoms with Crippen molar-refractivity contribution < 1.29 is 29.7 Å². The van der Waals surface area contributed by atoms with Crippen LogP contribution in [0, 0.1) is 16.7 Å². The molecule has 0 unspecified atom stereocenters. The maximum Gasteiger partial charge on any atom is 0.255 e. The molecule has 0 aromatic heterocycles. The van der Waals surface area contributed by atoms with Crippen molar-refractivity contribution in [2.75, 3.05) is 14.1 Å². The number of primary amides is 1. The molecule has 0 aliphatic heterocycles. The molecule has 3 aliphatic carbocycles. The summed E-state index contributed by atoms with van der Waals surface area (Å²) < 4.78 is 0. The fourth-order valence-electron chi connectivity index (χ4n) is 7.52. The van der Waals surface area contributed by atoms with Gasteiger partial charge in [0, 0.05) is 12.1 Å². The Balaban J connectivity index is 1.85. The van der Waals surface area contributed by atoms with Crippen molar-refractivity contribution in [3.05, 3.63) is 69.5 Å². The van der Waals surface area contributed by atoms with Gasteiger partial charge in [-0.1, -0.05) is 45.0 Å². The number of hydrogen-bond donors (Lipinski definition) is 7. The first-order chi connectivity index (χ1) is 20.8. The Labute approximate surface area is 260 Å². The van der Waals surface area contributed by atoms with Gasteiger partial charge < -0.3 is 38.3 Å². The minimum Gasteiger partial charge on any atom is -0.509 e. The van der Waals surface area contributed by atoms with Crippen molar-refractivity contribution in [2.45, 2.75) is 62.7 Å². The highest BCUT2D eigenvalue weighted by molar-refractivity contribution is 6.25. The minimum atomic E-state index is -2.73. The lowest BCUT2D eigenvalue weighted by Gasteiger charge is -2.58. The Kier molecular flexibility index (Phi) is 7.07. The molecule has 0 saturated heterocycles. The number of fused-ring (bicyclic) bond motifs is 3. The van der Waals surface area contributed by atoms with Crippen molar-refractivity contribution in [1.29, 1.82) is 5.26 Å². The van der Waals surface area contributed by atoms with Gasteiger partial charge in [-0.2, -0.15) is 5.26 Å². The van der Waals surface area contributed by atoms with E-state index in [0.29, 0.717) is 11.1 Å². The van der Waals surface area contributed by atoms with E-state index in [1.54, 1.807) is 12.1 Å². The molecule has 2 aromatic carbocycles. The largest absolute Gasteiger partial charge is 0.509 e. The lowest BCUT2D eigenvalue weighted by atomic mass is 9.47. The first-order valence-corrected chi connectivity index (χ1v) is 14.4. The zero-order valence-electron chi connectivity index (χ0n) is 25.9. The summed E-state index contributed by atoms with van der Waals surface area (Å²) in [5.41, 5.74) is 20.2. The maximum absolute atomic E-state index is 14.6. The second-order valence-electron chi connectivity index (χ2n) is 13.6. The van der Waals surface area contributed by atoms with Crippen LogP contribution in [0.2, 0.25) is 0 Å². The van der Waals surface area contributed by atoms with Crippen LogP contribution < -0.4 is 22.9 Å². The third-order valence-corrected chi connectivity index (χ3v) is 9.61. The topological polar surface area (TPSA) is 243 Å². The summed E-state index contributed by atoms with van der Waals surface area (Å²) in [6, 6.07) is 9.75. The normalized spacial score (nSPS) is 28.0. The van der Waals surface area contributed by atoms with Crippen LogP contribution in [-0.2, 0) is 32.8 Å². The van der Waals surface area contributed by atoms with Crippen LogP contribution in [0.3, 0.4) is 0 Å². The molecule has 1 saturated carbocycles. The summed E-state index contributed by atoms with van der Waals surface area (Å²) in [5.74, 6) is -5.80. The third-order valence-electron chi connectivity index (χ3n) is 9.61. The van der Waals surface area contributed by atoms with Crippen LogP contribution in [0.1, 0.15) is 49.4 Å². The molecule has 12 nitrogen and oxygen atoms in total. The lowest BCUT2D eigenvalue weighted by Crippen LogP contribution is -2.80. The molecule has 236 valence electrons. The summed E-state index contributed by atoms with van der Waals surface area (Å²) in [4.78, 5) is 42.0. The van der Waals surface area contributed by atoms with Gasteiger partial charge in [-0.15, -0.1) is 0 Å². The number of nitriles is 1. The van der Waals surface area contributed by atoms with Crippen LogP contribution in [0.15, 0.2) is 47.2 Å². The van der Waals surface area contributed by atoms with E-state index in [1.165, 1.54) is 19.0 Å². The van der Waals surface area contributed by atoms with Gasteiger partial charge in [0.1, 0.15) is 22.8 Å². The van der Waals surface area contributed by atoms with Crippen LogP contribution in [0.25, 0.3) is 16.9 Å². The number of phenolic OH excluding ortho intramolecular Hbond substituents is 1. The number of rotatable bonds is 4. The summed E-state index contributed by atoms with van der Waals surface area (Å²) in [6.45, 7) is 6.14. The van der Waals surface area contributed by atoms with E-state index in [2.05, 4.69) is 20.8 Å². The Morgan fingerprint density at radius 3 is 2.20 bits per heavy atom. The van der Waals surface area contributed by atoms with E-state index >= 15 is 0 Å². The Bertz CT molecular complexity index is 1800. The van der Waals surface area contributed by atoms with Gasteiger partial charge in [-0.25, -0.2) is 0 Å². The average molecular weight is 615 g/mol. The Morgan fingerprint density at radius 1 is 1.11 bits per heavy atom. The number of carbonyl (C=O) groups is 3. The molecule has 4 atom stereocenters. The SMILES string of the molecule is CN(C)[C@@H]1C(=O)C(C(N)=O)=C(O)[C@@]2(C#N)C(=O)C3=C(O)c4c(O)c(CN)cc(-c5ccc(C(C)(C)C)cc5)c4C[C@@]3(N)C[C@@]12N. The van der Waals surface area contributed by atoms with E-state index in [-0.39, 0.29) is 35.3 Å². The number of hydrogen-bond acceptors (Lipinski definition) is 11. The third kappa shape index (κ3) is 4.08. The van der Waals surface area contributed by atoms with Gasteiger partial charge in [0.25, 0.3) is 5.91 Å². The molecule has 0 bridgehead atoms. The predicted molar refractivity (Wildman–Crippen MR) is 166 cm³/mol. The fourth-order valence-corrected chi connectivity index (χ4v) is 7.52. The minimum absolute atomic E-state index is 0.0930. The van der Waals surface area contributed by atoms with E-state index in [4.69, 9.17) is 22.9 Å². The number of aliphatic hydroxyl groups is 2. The highest BCUT2D eigenvalue weighted by atomic mass is 16.3.